The molecule has 1 heterocycles. The van der Waals surface area contributed by atoms with E-state index in [1.165, 1.54) is 0 Å². The Morgan fingerprint density at radius 1 is 0.875 bits per heavy atom. The van der Waals surface area contributed by atoms with E-state index in [0.29, 0.717) is 38.6 Å². The van der Waals surface area contributed by atoms with Gasteiger partial charge in [-0.1, -0.05) is 83.3 Å². The van der Waals surface area contributed by atoms with Crippen LogP contribution in [-0.4, -0.2) is 16.0 Å². The van der Waals surface area contributed by atoms with Crippen LogP contribution in [0, 0.1) is 0 Å². The number of thioether (sulfide) groups is 1. The van der Waals surface area contributed by atoms with Gasteiger partial charge in [0.2, 0.25) is 0 Å². The maximum absolute atomic E-state index is 12.8. The summed E-state index contributed by atoms with van der Waals surface area (Å²) in [6.45, 7) is 0.427. The second kappa shape index (κ2) is 10.0. The molecule has 0 spiro atoms. The van der Waals surface area contributed by atoms with E-state index in [-0.39, 0.29) is 16.7 Å². The Labute approximate surface area is 204 Å². The minimum atomic E-state index is -0.392. The zero-order chi connectivity index (χ0) is 22.7. The van der Waals surface area contributed by atoms with E-state index in [0.717, 1.165) is 22.2 Å². The number of ether oxygens (including phenoxy) is 1. The first kappa shape index (κ1) is 22.7. The molecule has 8 heteroatoms. The predicted octanol–water partition coefficient (Wildman–Crippen LogP) is 7.46. The van der Waals surface area contributed by atoms with Crippen molar-refractivity contribution in [2.75, 3.05) is 0 Å². The van der Waals surface area contributed by atoms with Gasteiger partial charge in [0.25, 0.3) is 11.1 Å². The van der Waals surface area contributed by atoms with Gasteiger partial charge in [0.15, 0.2) is 5.75 Å². The van der Waals surface area contributed by atoms with Crippen molar-refractivity contribution in [2.45, 2.75) is 13.2 Å². The van der Waals surface area contributed by atoms with Crippen molar-refractivity contribution < 1.29 is 14.3 Å². The lowest BCUT2D eigenvalue weighted by Crippen LogP contribution is -2.27. The van der Waals surface area contributed by atoms with Crippen molar-refractivity contribution in [3.8, 4) is 5.75 Å². The van der Waals surface area contributed by atoms with Crippen LogP contribution < -0.4 is 4.74 Å². The lowest BCUT2D eigenvalue weighted by atomic mass is 10.2. The van der Waals surface area contributed by atoms with Gasteiger partial charge in [-0.2, -0.15) is 0 Å². The van der Waals surface area contributed by atoms with Crippen molar-refractivity contribution in [2.24, 2.45) is 0 Å². The Morgan fingerprint density at radius 2 is 1.53 bits per heavy atom. The molecule has 3 aromatic rings. The smallest absolute Gasteiger partial charge is 0.293 e. The summed E-state index contributed by atoms with van der Waals surface area (Å²) >= 11 is 19.8. The van der Waals surface area contributed by atoms with Crippen molar-refractivity contribution in [1.82, 2.24) is 4.90 Å². The van der Waals surface area contributed by atoms with E-state index in [4.69, 9.17) is 39.5 Å². The summed E-state index contributed by atoms with van der Waals surface area (Å²) in [5.74, 6) is -0.0299. The topological polar surface area (TPSA) is 46.6 Å². The summed E-state index contributed by atoms with van der Waals surface area (Å²) in [4.78, 5) is 26.7. The highest BCUT2D eigenvalue weighted by Crippen LogP contribution is 2.38. The third kappa shape index (κ3) is 5.13. The highest BCUT2D eigenvalue weighted by Gasteiger charge is 2.35. The number of amides is 2. The number of carbonyl (C=O) groups excluding carboxylic acids is 2. The molecule has 1 aliphatic rings. The maximum atomic E-state index is 12.8. The fourth-order valence-electron chi connectivity index (χ4n) is 3.12. The van der Waals surface area contributed by atoms with Gasteiger partial charge >= 0.3 is 0 Å². The number of hydrogen-bond donors (Lipinski definition) is 0. The van der Waals surface area contributed by atoms with Gasteiger partial charge < -0.3 is 4.74 Å². The normalized spacial score (nSPS) is 15.0. The third-order valence-corrected chi connectivity index (χ3v) is 6.54. The Bertz CT molecular complexity index is 1190. The van der Waals surface area contributed by atoms with Gasteiger partial charge in [0, 0.05) is 5.02 Å². The first-order valence-electron chi connectivity index (χ1n) is 9.57. The molecule has 0 N–H and O–H groups in total. The number of hydrogen-bond acceptors (Lipinski definition) is 4. The van der Waals surface area contributed by atoms with E-state index in [1.807, 2.05) is 36.4 Å². The first-order chi connectivity index (χ1) is 15.4. The van der Waals surface area contributed by atoms with Crippen LogP contribution in [0.5, 0.6) is 5.75 Å². The molecule has 0 radical (unpaired) electrons. The lowest BCUT2D eigenvalue weighted by molar-refractivity contribution is -0.123. The molecule has 4 nitrogen and oxygen atoms in total. The number of carbonyl (C=O) groups is 2. The summed E-state index contributed by atoms with van der Waals surface area (Å²) in [5.41, 5.74) is 2.27. The zero-order valence-electron chi connectivity index (χ0n) is 16.6. The Hall–Kier alpha value is -2.44. The van der Waals surface area contributed by atoms with E-state index in [1.54, 1.807) is 36.4 Å². The van der Waals surface area contributed by atoms with E-state index in [9.17, 15) is 9.59 Å². The van der Waals surface area contributed by atoms with Crippen molar-refractivity contribution >= 4 is 63.8 Å². The average molecular weight is 505 g/mol. The summed E-state index contributed by atoms with van der Waals surface area (Å²) in [6.07, 6.45) is 1.59. The minimum Gasteiger partial charge on any atom is -0.486 e. The summed E-state index contributed by atoms with van der Waals surface area (Å²) in [5, 5.41) is 0.770. The quantitative estimate of drug-likeness (QED) is 0.327. The summed E-state index contributed by atoms with van der Waals surface area (Å²) in [6, 6.07) is 20.0. The highest BCUT2D eigenvalue weighted by atomic mass is 35.5. The molecular formula is C24H16Cl3NO3S. The second-order valence-corrected chi connectivity index (χ2v) is 9.16. The van der Waals surface area contributed by atoms with Gasteiger partial charge in [0.1, 0.15) is 6.61 Å². The molecule has 0 atom stereocenters. The molecule has 0 unspecified atom stereocenters. The molecule has 4 rings (SSSR count). The molecule has 0 aromatic heterocycles. The highest BCUT2D eigenvalue weighted by molar-refractivity contribution is 8.18. The number of halogens is 3. The Morgan fingerprint density at radius 3 is 2.22 bits per heavy atom. The SMILES string of the molecule is O=C1S/C(=C\c2cc(Cl)c(OCc3ccccc3)c(Cl)c2)C(=O)N1Cc1ccccc1Cl. The molecule has 1 aliphatic heterocycles. The van der Waals surface area contributed by atoms with Crippen LogP contribution in [0.1, 0.15) is 16.7 Å². The molecule has 2 amide bonds. The molecule has 1 fully saturated rings. The van der Waals surface area contributed by atoms with Crippen LogP contribution >= 0.6 is 46.6 Å². The molecular weight excluding hydrogens is 489 g/mol. The standard InChI is InChI=1S/C24H16Cl3NO3S/c25-18-9-5-4-8-17(18)13-28-23(29)21(32-24(28)30)12-16-10-19(26)22(20(27)11-16)31-14-15-6-2-1-3-7-15/h1-12H,13-14H2/b21-12-. The van der Waals surface area contributed by atoms with Crippen LogP contribution in [0.25, 0.3) is 6.08 Å². The largest absolute Gasteiger partial charge is 0.486 e. The van der Waals surface area contributed by atoms with Crippen LogP contribution in [0.15, 0.2) is 71.6 Å². The molecule has 32 heavy (non-hydrogen) atoms. The zero-order valence-corrected chi connectivity index (χ0v) is 19.6. The molecule has 0 saturated carbocycles. The Kier molecular flexibility index (Phi) is 7.11. The number of benzene rings is 3. The molecule has 0 bridgehead atoms. The second-order valence-electron chi connectivity index (χ2n) is 6.95. The molecule has 3 aromatic carbocycles. The number of imide groups is 1. The Balaban J connectivity index is 1.51. The van der Waals surface area contributed by atoms with Gasteiger partial charge in [-0.05, 0) is 52.7 Å². The van der Waals surface area contributed by atoms with Crippen molar-refractivity contribution in [3.63, 3.8) is 0 Å². The van der Waals surface area contributed by atoms with Gasteiger partial charge in [-0.15, -0.1) is 0 Å². The minimum absolute atomic E-state index is 0.107. The fourth-order valence-corrected chi connectivity index (χ4v) is 4.76. The van der Waals surface area contributed by atoms with Gasteiger partial charge in [-0.25, -0.2) is 0 Å². The monoisotopic (exact) mass is 503 g/mol. The molecule has 1 saturated heterocycles. The van der Waals surface area contributed by atoms with Gasteiger partial charge in [-0.3, -0.25) is 14.5 Å². The van der Waals surface area contributed by atoms with E-state index in [2.05, 4.69) is 0 Å². The number of rotatable bonds is 6. The van der Waals surface area contributed by atoms with Crippen LogP contribution in [0.4, 0.5) is 4.79 Å². The van der Waals surface area contributed by atoms with Crippen LogP contribution in [0.2, 0.25) is 15.1 Å². The summed E-state index contributed by atoms with van der Waals surface area (Å²) in [7, 11) is 0. The van der Waals surface area contributed by atoms with Crippen LogP contribution in [-0.2, 0) is 17.9 Å². The lowest BCUT2D eigenvalue weighted by Gasteiger charge is -2.13. The fraction of sp³-hybridized carbons (Fsp3) is 0.0833. The van der Waals surface area contributed by atoms with Crippen molar-refractivity contribution in [1.29, 1.82) is 0 Å². The number of nitrogens with zero attached hydrogens (tertiary/aromatic N) is 1. The van der Waals surface area contributed by atoms with Crippen molar-refractivity contribution in [3.05, 3.63) is 103 Å². The summed E-state index contributed by atoms with van der Waals surface area (Å²) < 4.78 is 5.78. The van der Waals surface area contributed by atoms with E-state index >= 15 is 0 Å². The molecule has 162 valence electrons. The van der Waals surface area contributed by atoms with Crippen LogP contribution in [0.3, 0.4) is 0 Å². The van der Waals surface area contributed by atoms with E-state index < -0.39 is 5.91 Å². The average Bonchev–Trinajstić information content (AvgIpc) is 3.02. The van der Waals surface area contributed by atoms with Gasteiger partial charge in [0.05, 0.1) is 21.5 Å². The maximum Gasteiger partial charge on any atom is 0.293 e. The first-order valence-corrected chi connectivity index (χ1v) is 11.5. The third-order valence-electron chi connectivity index (χ3n) is 4.70. The predicted molar refractivity (Wildman–Crippen MR) is 130 cm³/mol. The molecule has 0 aliphatic carbocycles.